The lowest BCUT2D eigenvalue weighted by atomic mass is 10.1. The maximum atomic E-state index is 6.15. The molecule has 3 nitrogen and oxygen atoms in total. The summed E-state index contributed by atoms with van der Waals surface area (Å²) in [6.45, 7) is 2.65. The number of nitrogens with zero attached hydrogens (tertiary/aromatic N) is 2. The van der Waals surface area contributed by atoms with Gasteiger partial charge in [-0.2, -0.15) is 5.10 Å². The summed E-state index contributed by atoms with van der Waals surface area (Å²) in [7, 11) is 0. The molecule has 1 atom stereocenters. The van der Waals surface area contributed by atoms with Crippen molar-refractivity contribution in [3.8, 4) is 0 Å². The van der Waals surface area contributed by atoms with Gasteiger partial charge in [0.25, 0.3) is 0 Å². The molecular formula is C14H17Cl2N3. The second-order valence-electron chi connectivity index (χ2n) is 4.62. The fourth-order valence-corrected chi connectivity index (χ4v) is 2.41. The van der Waals surface area contributed by atoms with E-state index in [0.29, 0.717) is 16.6 Å². The number of benzene rings is 1. The van der Waals surface area contributed by atoms with Crippen molar-refractivity contribution in [2.75, 3.05) is 0 Å². The molecule has 1 aromatic heterocycles. The molecule has 0 saturated heterocycles. The van der Waals surface area contributed by atoms with Crippen LogP contribution in [0.5, 0.6) is 0 Å². The predicted molar refractivity (Wildman–Crippen MR) is 79.8 cm³/mol. The Morgan fingerprint density at radius 3 is 2.63 bits per heavy atom. The normalized spacial score (nSPS) is 12.6. The van der Waals surface area contributed by atoms with E-state index in [9.17, 15) is 0 Å². The molecule has 19 heavy (non-hydrogen) atoms. The van der Waals surface area contributed by atoms with Gasteiger partial charge in [0, 0.05) is 27.8 Å². The van der Waals surface area contributed by atoms with Crippen LogP contribution in [0.4, 0.5) is 0 Å². The lowest BCUT2D eigenvalue weighted by molar-refractivity contribution is 0.644. The van der Waals surface area contributed by atoms with Crippen LogP contribution in [0.1, 0.15) is 24.5 Å². The average molecular weight is 298 g/mol. The van der Waals surface area contributed by atoms with Gasteiger partial charge in [-0.25, -0.2) is 0 Å². The minimum Gasteiger partial charge on any atom is -0.327 e. The number of hydrogen-bond acceptors (Lipinski definition) is 2. The predicted octanol–water partition coefficient (Wildman–Crippen LogP) is 3.52. The quantitative estimate of drug-likeness (QED) is 0.918. The van der Waals surface area contributed by atoms with Gasteiger partial charge in [-0.1, -0.05) is 36.2 Å². The van der Waals surface area contributed by atoms with Gasteiger partial charge in [-0.3, -0.25) is 4.68 Å². The molecule has 2 aromatic rings. The molecule has 2 rings (SSSR count). The summed E-state index contributed by atoms with van der Waals surface area (Å²) in [6, 6.07) is 5.69. The third-order valence-electron chi connectivity index (χ3n) is 3.09. The largest absolute Gasteiger partial charge is 0.327 e. The summed E-state index contributed by atoms with van der Waals surface area (Å²) in [6.07, 6.45) is 5.64. The van der Waals surface area contributed by atoms with Crippen molar-refractivity contribution in [1.82, 2.24) is 9.78 Å². The zero-order valence-corrected chi connectivity index (χ0v) is 12.3. The molecule has 0 bridgehead atoms. The summed E-state index contributed by atoms with van der Waals surface area (Å²) >= 11 is 12.3. The third kappa shape index (κ3) is 3.72. The Hall–Kier alpha value is -1.03. The summed E-state index contributed by atoms with van der Waals surface area (Å²) in [5.74, 6) is 0. The molecule has 2 N–H and O–H groups in total. The number of nitrogens with two attached hydrogens (primary N) is 1. The number of aromatic nitrogens is 2. The second-order valence-corrected chi connectivity index (χ2v) is 5.43. The van der Waals surface area contributed by atoms with Gasteiger partial charge in [0.1, 0.15) is 0 Å². The molecule has 0 radical (unpaired) electrons. The van der Waals surface area contributed by atoms with Crippen molar-refractivity contribution in [1.29, 1.82) is 0 Å². The van der Waals surface area contributed by atoms with E-state index in [0.717, 1.165) is 24.0 Å². The summed E-state index contributed by atoms with van der Waals surface area (Å²) < 4.78 is 1.84. The maximum absolute atomic E-state index is 6.15. The Morgan fingerprint density at radius 1 is 1.32 bits per heavy atom. The summed E-state index contributed by atoms with van der Waals surface area (Å²) in [4.78, 5) is 0. The molecule has 1 heterocycles. The van der Waals surface area contributed by atoms with Crippen molar-refractivity contribution >= 4 is 23.2 Å². The first-order valence-corrected chi connectivity index (χ1v) is 7.05. The lowest BCUT2D eigenvalue weighted by Gasteiger charge is -2.07. The fourth-order valence-electron chi connectivity index (χ4n) is 1.89. The molecule has 0 saturated carbocycles. The molecule has 0 aliphatic carbocycles. The molecule has 0 amide bonds. The van der Waals surface area contributed by atoms with E-state index in [-0.39, 0.29) is 6.04 Å². The highest BCUT2D eigenvalue weighted by atomic mass is 35.5. The van der Waals surface area contributed by atoms with E-state index < -0.39 is 0 Å². The maximum Gasteiger partial charge on any atom is 0.0688 e. The van der Waals surface area contributed by atoms with Gasteiger partial charge in [0.05, 0.1) is 12.7 Å². The van der Waals surface area contributed by atoms with Crippen molar-refractivity contribution < 1.29 is 0 Å². The second kappa shape index (κ2) is 6.42. The molecule has 0 fully saturated rings. The van der Waals surface area contributed by atoms with E-state index in [1.807, 2.05) is 35.3 Å². The van der Waals surface area contributed by atoms with Gasteiger partial charge in [-0.05, 0) is 30.5 Å². The van der Waals surface area contributed by atoms with E-state index >= 15 is 0 Å². The molecule has 0 aliphatic rings. The average Bonchev–Trinajstić information content (AvgIpc) is 2.81. The van der Waals surface area contributed by atoms with Gasteiger partial charge in [0.15, 0.2) is 0 Å². The van der Waals surface area contributed by atoms with Gasteiger partial charge in [-0.15, -0.1) is 0 Å². The van der Waals surface area contributed by atoms with Crippen molar-refractivity contribution in [3.63, 3.8) is 0 Å². The Morgan fingerprint density at radius 2 is 2.00 bits per heavy atom. The Labute approximate surface area is 123 Å². The Bertz CT molecular complexity index is 531. The Kier molecular flexibility index (Phi) is 4.86. The molecule has 1 unspecified atom stereocenters. The van der Waals surface area contributed by atoms with Crippen molar-refractivity contribution in [3.05, 3.63) is 51.8 Å². The van der Waals surface area contributed by atoms with Gasteiger partial charge >= 0.3 is 0 Å². The molecule has 102 valence electrons. The number of rotatable bonds is 5. The highest BCUT2D eigenvalue weighted by Gasteiger charge is 2.08. The third-order valence-corrected chi connectivity index (χ3v) is 3.80. The topological polar surface area (TPSA) is 43.8 Å². The van der Waals surface area contributed by atoms with Crippen LogP contribution in [0.3, 0.4) is 0 Å². The van der Waals surface area contributed by atoms with Crippen molar-refractivity contribution in [2.45, 2.75) is 32.4 Å². The minimum absolute atomic E-state index is 0.182. The molecule has 0 spiro atoms. The SMILES string of the molecule is CCC(N)Cc1cnn(Cc2c(Cl)cccc2Cl)c1. The van der Waals surface area contributed by atoms with E-state index in [2.05, 4.69) is 12.0 Å². The van der Waals surface area contributed by atoms with Crippen LogP contribution < -0.4 is 5.73 Å². The first-order chi connectivity index (χ1) is 9.10. The highest BCUT2D eigenvalue weighted by molar-refractivity contribution is 6.35. The van der Waals surface area contributed by atoms with Crippen LogP contribution in [0.15, 0.2) is 30.6 Å². The van der Waals surface area contributed by atoms with Gasteiger partial charge < -0.3 is 5.73 Å². The first kappa shape index (κ1) is 14.4. The number of halogens is 2. The van der Waals surface area contributed by atoms with Crippen LogP contribution in [0.25, 0.3) is 0 Å². The first-order valence-electron chi connectivity index (χ1n) is 6.30. The van der Waals surface area contributed by atoms with Crippen LogP contribution in [-0.2, 0) is 13.0 Å². The highest BCUT2D eigenvalue weighted by Crippen LogP contribution is 2.25. The van der Waals surface area contributed by atoms with Crippen LogP contribution in [-0.4, -0.2) is 15.8 Å². The summed E-state index contributed by atoms with van der Waals surface area (Å²) in [5, 5.41) is 5.65. The molecule has 1 aromatic carbocycles. The standard InChI is InChI=1S/C14H17Cl2N3/c1-2-11(17)6-10-7-18-19(8-10)9-12-13(15)4-3-5-14(12)16/h3-5,7-8,11H,2,6,9,17H2,1H3. The van der Waals surface area contributed by atoms with Crippen LogP contribution >= 0.6 is 23.2 Å². The molecular weight excluding hydrogens is 281 g/mol. The zero-order chi connectivity index (χ0) is 13.8. The van der Waals surface area contributed by atoms with Crippen LogP contribution in [0.2, 0.25) is 10.0 Å². The lowest BCUT2D eigenvalue weighted by Crippen LogP contribution is -2.21. The van der Waals surface area contributed by atoms with Gasteiger partial charge in [0.2, 0.25) is 0 Å². The van der Waals surface area contributed by atoms with Crippen molar-refractivity contribution in [2.24, 2.45) is 5.73 Å². The zero-order valence-electron chi connectivity index (χ0n) is 10.8. The van der Waals surface area contributed by atoms with E-state index in [4.69, 9.17) is 28.9 Å². The minimum atomic E-state index is 0.182. The fraction of sp³-hybridized carbons (Fsp3) is 0.357. The van der Waals surface area contributed by atoms with E-state index in [1.165, 1.54) is 0 Å². The van der Waals surface area contributed by atoms with Crippen LogP contribution in [0, 0.1) is 0 Å². The smallest absolute Gasteiger partial charge is 0.0688 e. The number of hydrogen-bond donors (Lipinski definition) is 1. The monoisotopic (exact) mass is 297 g/mol. The molecule has 5 heteroatoms. The molecule has 0 aliphatic heterocycles. The Balaban J connectivity index is 2.12. The van der Waals surface area contributed by atoms with E-state index in [1.54, 1.807) is 0 Å². The summed E-state index contributed by atoms with van der Waals surface area (Å²) in [5.41, 5.74) is 7.96.